The van der Waals surface area contributed by atoms with E-state index >= 15 is 0 Å². The Kier molecular flexibility index (Phi) is 7.53. The third kappa shape index (κ3) is 5.42. The van der Waals surface area contributed by atoms with E-state index in [0.29, 0.717) is 0 Å². The molecule has 0 N–H and O–H groups in total. The van der Waals surface area contributed by atoms with Crippen molar-refractivity contribution in [3.05, 3.63) is 212 Å². The monoisotopic (exact) mass is 713 g/mol. The Morgan fingerprint density at radius 1 is 0.286 bits per heavy atom. The summed E-state index contributed by atoms with van der Waals surface area (Å²) in [7, 11) is 0. The van der Waals surface area contributed by atoms with Gasteiger partial charge in [0.05, 0.1) is 0 Å². The number of hydrogen-bond donors (Lipinski definition) is 0. The van der Waals surface area contributed by atoms with Gasteiger partial charge in [0, 0.05) is 33.2 Å². The minimum absolute atomic E-state index is 0.898. The molecule has 10 aromatic carbocycles. The van der Waals surface area contributed by atoms with Crippen LogP contribution in [0.1, 0.15) is 0 Å². The topological polar surface area (TPSA) is 16.4 Å². The van der Waals surface area contributed by atoms with Gasteiger partial charge in [0.15, 0.2) is 0 Å². The van der Waals surface area contributed by atoms with Crippen molar-refractivity contribution in [1.29, 1.82) is 0 Å². The summed E-state index contributed by atoms with van der Waals surface area (Å²) in [6, 6.07) is 76.4. The molecule has 0 aliphatic rings. The predicted molar refractivity (Wildman–Crippen MR) is 237 cm³/mol. The van der Waals surface area contributed by atoms with Crippen molar-refractivity contribution in [3.63, 3.8) is 0 Å². The molecule has 0 atom stereocenters. The van der Waals surface area contributed by atoms with E-state index in [9.17, 15) is 0 Å². The molecule has 262 valence electrons. The fourth-order valence-corrected chi connectivity index (χ4v) is 8.48. The van der Waals surface area contributed by atoms with Crippen LogP contribution in [0.3, 0.4) is 0 Å². The second-order valence-corrected chi connectivity index (χ2v) is 14.5. The molecular weight excluding hydrogens is 679 g/mol. The van der Waals surface area contributed by atoms with E-state index in [1.165, 1.54) is 54.7 Å². The zero-order valence-corrected chi connectivity index (χ0v) is 30.6. The van der Waals surface area contributed by atoms with Gasteiger partial charge in [-0.15, -0.1) is 0 Å². The van der Waals surface area contributed by atoms with Crippen molar-refractivity contribution in [2.45, 2.75) is 0 Å². The third-order valence-corrected chi connectivity index (χ3v) is 11.2. The number of rotatable bonds is 6. The summed E-state index contributed by atoms with van der Waals surface area (Å²) in [5.41, 5.74) is 12.2. The summed E-state index contributed by atoms with van der Waals surface area (Å²) < 4.78 is 6.57. The van der Waals surface area contributed by atoms with Gasteiger partial charge >= 0.3 is 0 Å². The first-order valence-corrected chi connectivity index (χ1v) is 19.2. The van der Waals surface area contributed by atoms with Crippen LogP contribution in [-0.2, 0) is 0 Å². The zero-order valence-electron chi connectivity index (χ0n) is 30.6. The lowest BCUT2D eigenvalue weighted by atomic mass is 9.94. The van der Waals surface area contributed by atoms with Crippen molar-refractivity contribution in [2.24, 2.45) is 0 Å². The molecule has 0 spiro atoms. The number of hydrogen-bond acceptors (Lipinski definition) is 2. The molecule has 0 aliphatic carbocycles. The molecule has 2 heteroatoms. The number of para-hydroxylation sites is 1. The maximum atomic E-state index is 6.57. The highest BCUT2D eigenvalue weighted by Gasteiger charge is 2.18. The van der Waals surface area contributed by atoms with Crippen LogP contribution in [0.25, 0.3) is 87.6 Å². The molecule has 0 fully saturated rings. The number of benzene rings is 10. The molecule has 0 unspecified atom stereocenters. The van der Waals surface area contributed by atoms with Crippen molar-refractivity contribution in [2.75, 3.05) is 4.90 Å². The van der Waals surface area contributed by atoms with E-state index in [0.717, 1.165) is 50.0 Å². The minimum atomic E-state index is 0.898. The standard InChI is InChI=1S/C54H35NO/c1-3-12-36(13-4-1)41-27-31-53-51(34-41)52-35-50(48-20-9-10-21-49(48)54(52)56-53)38-24-28-44(29-25-38)55(43-16-5-2-6-17-43)45-18-11-15-39(33-45)40-26-30-47-42(32-40)23-22-37-14-7-8-19-46(37)47/h1-35H. The summed E-state index contributed by atoms with van der Waals surface area (Å²) in [5.74, 6) is 0. The van der Waals surface area contributed by atoms with Crippen LogP contribution in [0.2, 0.25) is 0 Å². The normalized spacial score (nSPS) is 11.6. The molecule has 1 aromatic heterocycles. The van der Waals surface area contributed by atoms with Crippen molar-refractivity contribution in [3.8, 4) is 33.4 Å². The van der Waals surface area contributed by atoms with Gasteiger partial charge in [-0.1, -0.05) is 152 Å². The van der Waals surface area contributed by atoms with Crippen LogP contribution in [0.5, 0.6) is 0 Å². The van der Waals surface area contributed by atoms with E-state index in [1.54, 1.807) is 0 Å². The Labute approximate surface area is 325 Å². The first-order chi connectivity index (χ1) is 27.7. The van der Waals surface area contributed by atoms with Crippen molar-refractivity contribution < 1.29 is 4.42 Å². The summed E-state index contributed by atoms with van der Waals surface area (Å²) in [6.07, 6.45) is 0. The van der Waals surface area contributed by atoms with Crippen LogP contribution < -0.4 is 4.90 Å². The number of nitrogens with zero attached hydrogens (tertiary/aromatic N) is 1. The summed E-state index contributed by atoms with van der Waals surface area (Å²) in [5, 5.41) is 9.61. The van der Waals surface area contributed by atoms with Gasteiger partial charge in [-0.3, -0.25) is 0 Å². The Balaban J connectivity index is 1.01. The molecule has 11 aromatic rings. The average molecular weight is 714 g/mol. The number of fused-ring (bicyclic) bond motifs is 8. The van der Waals surface area contributed by atoms with Crippen LogP contribution in [0.15, 0.2) is 217 Å². The van der Waals surface area contributed by atoms with E-state index in [-0.39, 0.29) is 0 Å². The smallest absolute Gasteiger partial charge is 0.143 e. The average Bonchev–Trinajstić information content (AvgIpc) is 3.65. The highest BCUT2D eigenvalue weighted by atomic mass is 16.3. The fourth-order valence-electron chi connectivity index (χ4n) is 8.48. The van der Waals surface area contributed by atoms with Crippen LogP contribution >= 0.6 is 0 Å². The quantitative estimate of drug-likeness (QED) is 0.160. The van der Waals surface area contributed by atoms with Crippen LogP contribution in [0, 0.1) is 0 Å². The van der Waals surface area contributed by atoms with Gasteiger partial charge in [-0.05, 0) is 121 Å². The van der Waals surface area contributed by atoms with Crippen molar-refractivity contribution >= 4 is 71.3 Å². The van der Waals surface area contributed by atoms with E-state index in [2.05, 4.69) is 217 Å². The number of furan rings is 1. The molecule has 0 amide bonds. The maximum Gasteiger partial charge on any atom is 0.143 e. The first-order valence-electron chi connectivity index (χ1n) is 19.2. The fraction of sp³-hybridized carbons (Fsp3) is 0. The molecule has 0 radical (unpaired) electrons. The molecule has 0 bridgehead atoms. The van der Waals surface area contributed by atoms with E-state index in [1.807, 2.05) is 0 Å². The molecule has 0 saturated heterocycles. The molecule has 11 rings (SSSR count). The lowest BCUT2D eigenvalue weighted by Crippen LogP contribution is -2.09. The van der Waals surface area contributed by atoms with E-state index < -0.39 is 0 Å². The lowest BCUT2D eigenvalue weighted by molar-refractivity contribution is 0.673. The highest BCUT2D eigenvalue weighted by Crippen LogP contribution is 2.43. The largest absolute Gasteiger partial charge is 0.455 e. The molecule has 56 heavy (non-hydrogen) atoms. The Morgan fingerprint density at radius 2 is 0.875 bits per heavy atom. The van der Waals surface area contributed by atoms with Crippen LogP contribution in [-0.4, -0.2) is 0 Å². The van der Waals surface area contributed by atoms with Gasteiger partial charge in [-0.25, -0.2) is 0 Å². The van der Waals surface area contributed by atoms with Gasteiger partial charge < -0.3 is 9.32 Å². The van der Waals surface area contributed by atoms with Gasteiger partial charge in [0.2, 0.25) is 0 Å². The van der Waals surface area contributed by atoms with Gasteiger partial charge in [-0.2, -0.15) is 0 Å². The molecule has 2 nitrogen and oxygen atoms in total. The maximum absolute atomic E-state index is 6.57. The molecule has 0 aliphatic heterocycles. The van der Waals surface area contributed by atoms with Crippen molar-refractivity contribution in [1.82, 2.24) is 0 Å². The lowest BCUT2D eigenvalue weighted by Gasteiger charge is -2.26. The van der Waals surface area contributed by atoms with Crippen LogP contribution in [0.4, 0.5) is 17.1 Å². The second-order valence-electron chi connectivity index (χ2n) is 14.5. The SMILES string of the molecule is c1ccc(-c2ccc3oc4c5ccccc5c(-c5ccc(N(c6ccccc6)c6cccc(-c7ccc8c(ccc9ccccc98)c7)c6)cc5)cc4c3c2)cc1. The predicted octanol–water partition coefficient (Wildman–Crippen LogP) is 15.5. The second kappa shape index (κ2) is 13.2. The Bertz CT molecular complexity index is 3230. The van der Waals surface area contributed by atoms with Gasteiger partial charge in [0.25, 0.3) is 0 Å². The molecule has 1 heterocycles. The minimum Gasteiger partial charge on any atom is -0.455 e. The third-order valence-electron chi connectivity index (χ3n) is 11.2. The first kappa shape index (κ1) is 32.0. The Hall–Kier alpha value is -7.42. The number of anilines is 3. The van der Waals surface area contributed by atoms with Gasteiger partial charge in [0.1, 0.15) is 11.2 Å². The molecular formula is C54H35NO. The summed E-state index contributed by atoms with van der Waals surface area (Å²) >= 11 is 0. The summed E-state index contributed by atoms with van der Waals surface area (Å²) in [4.78, 5) is 2.35. The Morgan fingerprint density at radius 3 is 1.71 bits per heavy atom. The molecule has 0 saturated carbocycles. The van der Waals surface area contributed by atoms with E-state index in [4.69, 9.17) is 4.42 Å². The zero-order chi connectivity index (χ0) is 37.0. The highest BCUT2D eigenvalue weighted by molar-refractivity contribution is 6.19. The summed E-state index contributed by atoms with van der Waals surface area (Å²) in [6.45, 7) is 0.